The van der Waals surface area contributed by atoms with Crippen molar-refractivity contribution in [1.82, 2.24) is 0 Å². The fourth-order valence-electron chi connectivity index (χ4n) is 1.57. The van der Waals surface area contributed by atoms with E-state index >= 15 is 0 Å². The SMILES string of the molecule is Cc1ccc(C=C(C#N)C(=O)Nc2ccccc2Cl)o1. The van der Waals surface area contributed by atoms with Crippen LogP contribution in [0.15, 0.2) is 46.4 Å². The van der Waals surface area contributed by atoms with Crippen LogP contribution in [-0.4, -0.2) is 5.91 Å². The second-order valence-corrected chi connectivity index (χ2v) is 4.46. The topological polar surface area (TPSA) is 66.0 Å². The lowest BCUT2D eigenvalue weighted by atomic mass is 10.2. The second kappa shape index (κ2) is 6.09. The number of nitrogens with zero attached hydrogens (tertiary/aromatic N) is 1. The molecule has 0 saturated carbocycles. The van der Waals surface area contributed by atoms with Crippen LogP contribution in [0.4, 0.5) is 5.69 Å². The lowest BCUT2D eigenvalue weighted by Gasteiger charge is -2.05. The molecule has 0 aliphatic heterocycles. The Morgan fingerprint density at radius 1 is 1.35 bits per heavy atom. The summed E-state index contributed by atoms with van der Waals surface area (Å²) in [6.45, 7) is 1.78. The Morgan fingerprint density at radius 2 is 2.10 bits per heavy atom. The van der Waals surface area contributed by atoms with Gasteiger partial charge in [0.05, 0.1) is 10.7 Å². The number of para-hydroxylation sites is 1. The summed E-state index contributed by atoms with van der Waals surface area (Å²) < 4.78 is 5.31. The minimum absolute atomic E-state index is 0.0562. The smallest absolute Gasteiger partial charge is 0.266 e. The molecule has 1 aromatic carbocycles. The van der Waals surface area contributed by atoms with Gasteiger partial charge in [-0.05, 0) is 31.2 Å². The molecular formula is C15H11ClN2O2. The van der Waals surface area contributed by atoms with Crippen LogP contribution in [-0.2, 0) is 4.79 Å². The summed E-state index contributed by atoms with van der Waals surface area (Å²) >= 11 is 5.94. The first-order valence-corrected chi connectivity index (χ1v) is 6.22. The maximum atomic E-state index is 12.0. The van der Waals surface area contributed by atoms with E-state index in [1.54, 1.807) is 43.3 Å². The van der Waals surface area contributed by atoms with Gasteiger partial charge < -0.3 is 9.73 Å². The van der Waals surface area contributed by atoms with Gasteiger partial charge in [0.2, 0.25) is 0 Å². The molecule has 0 unspecified atom stereocenters. The Labute approximate surface area is 121 Å². The van der Waals surface area contributed by atoms with E-state index in [4.69, 9.17) is 21.3 Å². The highest BCUT2D eigenvalue weighted by atomic mass is 35.5. The van der Waals surface area contributed by atoms with Crippen molar-refractivity contribution >= 4 is 29.3 Å². The van der Waals surface area contributed by atoms with Crippen LogP contribution in [0.5, 0.6) is 0 Å². The first-order chi connectivity index (χ1) is 9.60. The van der Waals surface area contributed by atoms with Gasteiger partial charge in [-0.25, -0.2) is 0 Å². The number of hydrogen-bond acceptors (Lipinski definition) is 3. The number of benzene rings is 1. The van der Waals surface area contributed by atoms with Crippen LogP contribution in [0.3, 0.4) is 0 Å². The summed E-state index contributed by atoms with van der Waals surface area (Å²) in [6.07, 6.45) is 1.39. The van der Waals surface area contributed by atoms with Gasteiger partial charge in [-0.15, -0.1) is 0 Å². The van der Waals surface area contributed by atoms with E-state index in [-0.39, 0.29) is 5.57 Å². The number of furan rings is 1. The Bertz CT molecular complexity index is 711. The number of nitrogens with one attached hydrogen (secondary N) is 1. The second-order valence-electron chi connectivity index (χ2n) is 4.05. The standard InChI is InChI=1S/C15H11ClN2O2/c1-10-6-7-12(20-10)8-11(9-17)15(19)18-14-5-3-2-4-13(14)16/h2-8H,1H3,(H,18,19). The first-order valence-electron chi connectivity index (χ1n) is 5.84. The minimum atomic E-state index is -0.533. The maximum absolute atomic E-state index is 12.0. The Morgan fingerprint density at radius 3 is 2.70 bits per heavy atom. The van der Waals surface area contributed by atoms with E-state index in [9.17, 15) is 4.79 Å². The number of nitriles is 1. The molecule has 1 aromatic heterocycles. The summed E-state index contributed by atoms with van der Waals surface area (Å²) in [6, 6.07) is 12.1. The van der Waals surface area contributed by atoms with Gasteiger partial charge in [-0.2, -0.15) is 5.26 Å². The average Bonchev–Trinajstić information content (AvgIpc) is 2.84. The number of hydrogen-bond donors (Lipinski definition) is 1. The van der Waals surface area contributed by atoms with Crippen molar-refractivity contribution in [2.45, 2.75) is 6.92 Å². The van der Waals surface area contributed by atoms with Crippen molar-refractivity contribution in [3.8, 4) is 6.07 Å². The van der Waals surface area contributed by atoms with E-state index in [1.807, 2.05) is 6.07 Å². The van der Waals surface area contributed by atoms with Crippen molar-refractivity contribution in [1.29, 1.82) is 5.26 Å². The lowest BCUT2D eigenvalue weighted by molar-refractivity contribution is -0.112. The van der Waals surface area contributed by atoms with E-state index in [0.717, 1.165) is 0 Å². The van der Waals surface area contributed by atoms with E-state index < -0.39 is 5.91 Å². The summed E-state index contributed by atoms with van der Waals surface area (Å²) in [5.41, 5.74) is 0.398. The number of carbonyl (C=O) groups is 1. The summed E-state index contributed by atoms with van der Waals surface area (Å²) in [5.74, 6) is 0.628. The molecule has 2 aromatic rings. The van der Waals surface area contributed by atoms with E-state index in [1.165, 1.54) is 6.08 Å². The van der Waals surface area contributed by atoms with Crippen LogP contribution in [0.2, 0.25) is 5.02 Å². The average molecular weight is 287 g/mol. The molecular weight excluding hydrogens is 276 g/mol. The third-order valence-electron chi connectivity index (χ3n) is 2.53. The van der Waals surface area contributed by atoms with Gasteiger partial charge in [0, 0.05) is 6.08 Å². The van der Waals surface area contributed by atoms with Crippen LogP contribution < -0.4 is 5.32 Å². The quantitative estimate of drug-likeness (QED) is 0.689. The Balaban J connectivity index is 2.21. The van der Waals surface area contributed by atoms with Gasteiger partial charge in [-0.1, -0.05) is 23.7 Å². The number of rotatable bonds is 3. The number of aryl methyl sites for hydroxylation is 1. The van der Waals surface area contributed by atoms with Crippen molar-refractivity contribution in [2.75, 3.05) is 5.32 Å². The molecule has 0 fully saturated rings. The molecule has 0 aliphatic carbocycles. The first kappa shape index (κ1) is 13.9. The zero-order valence-corrected chi connectivity index (χ0v) is 11.4. The zero-order valence-electron chi connectivity index (χ0n) is 10.7. The normalized spacial score (nSPS) is 10.9. The molecule has 4 nitrogen and oxygen atoms in total. The van der Waals surface area contributed by atoms with E-state index in [2.05, 4.69) is 5.32 Å². The molecule has 0 atom stereocenters. The van der Waals surface area contributed by atoms with Crippen molar-refractivity contribution in [3.63, 3.8) is 0 Å². The highest BCUT2D eigenvalue weighted by Gasteiger charge is 2.11. The number of halogens is 1. The molecule has 2 rings (SSSR count). The minimum Gasteiger partial charge on any atom is -0.462 e. The number of anilines is 1. The molecule has 0 radical (unpaired) electrons. The summed E-state index contributed by atoms with van der Waals surface area (Å²) in [7, 11) is 0. The molecule has 1 heterocycles. The number of amides is 1. The lowest BCUT2D eigenvalue weighted by Crippen LogP contribution is -2.13. The van der Waals surface area contributed by atoms with Gasteiger partial charge >= 0.3 is 0 Å². The predicted octanol–water partition coefficient (Wildman–Crippen LogP) is 3.79. The molecule has 5 heteroatoms. The van der Waals surface area contributed by atoms with Crippen molar-refractivity contribution in [3.05, 3.63) is 58.5 Å². The highest BCUT2D eigenvalue weighted by Crippen LogP contribution is 2.21. The molecule has 0 aliphatic rings. The van der Waals surface area contributed by atoms with Crippen molar-refractivity contribution < 1.29 is 9.21 Å². The summed E-state index contributed by atoms with van der Waals surface area (Å²) in [4.78, 5) is 12.0. The molecule has 1 N–H and O–H groups in total. The van der Waals surface area contributed by atoms with Gasteiger partial charge in [0.15, 0.2) is 0 Å². The number of carbonyl (C=O) groups excluding carboxylic acids is 1. The van der Waals surface area contributed by atoms with Crippen LogP contribution >= 0.6 is 11.6 Å². The van der Waals surface area contributed by atoms with Crippen LogP contribution in [0.25, 0.3) is 6.08 Å². The highest BCUT2D eigenvalue weighted by molar-refractivity contribution is 6.34. The fraction of sp³-hybridized carbons (Fsp3) is 0.0667. The molecule has 0 bridgehead atoms. The van der Waals surface area contributed by atoms with Gasteiger partial charge in [0.1, 0.15) is 23.2 Å². The molecule has 20 heavy (non-hydrogen) atoms. The monoisotopic (exact) mass is 286 g/mol. The molecule has 100 valence electrons. The molecule has 1 amide bonds. The molecule has 0 saturated heterocycles. The predicted molar refractivity (Wildman–Crippen MR) is 77.1 cm³/mol. The molecule has 0 spiro atoms. The Kier molecular flexibility index (Phi) is 4.24. The van der Waals surface area contributed by atoms with Crippen molar-refractivity contribution in [2.24, 2.45) is 0 Å². The Hall–Kier alpha value is -2.51. The zero-order chi connectivity index (χ0) is 14.5. The maximum Gasteiger partial charge on any atom is 0.266 e. The van der Waals surface area contributed by atoms with Gasteiger partial charge in [-0.3, -0.25) is 4.79 Å². The fourth-order valence-corrected chi connectivity index (χ4v) is 1.76. The third-order valence-corrected chi connectivity index (χ3v) is 2.86. The summed E-state index contributed by atoms with van der Waals surface area (Å²) in [5, 5.41) is 12.1. The largest absolute Gasteiger partial charge is 0.462 e. The van der Waals surface area contributed by atoms with Crippen LogP contribution in [0, 0.1) is 18.3 Å². The van der Waals surface area contributed by atoms with Crippen LogP contribution in [0.1, 0.15) is 11.5 Å². The van der Waals surface area contributed by atoms with E-state index in [0.29, 0.717) is 22.2 Å². The third kappa shape index (κ3) is 3.28. The van der Waals surface area contributed by atoms with Gasteiger partial charge in [0.25, 0.3) is 5.91 Å².